The number of carbonyl (C=O) groups is 2. The number of primary amides is 1. The van der Waals surface area contributed by atoms with E-state index < -0.39 is 0 Å². The molecule has 2 aliphatic rings. The van der Waals surface area contributed by atoms with Gasteiger partial charge in [-0.25, -0.2) is 4.98 Å². The quantitative estimate of drug-likeness (QED) is 0.897. The highest BCUT2D eigenvalue weighted by atomic mass is 16.5. The first-order valence-electron chi connectivity index (χ1n) is 8.96. The molecule has 2 amide bonds. The van der Waals surface area contributed by atoms with Gasteiger partial charge in [-0.3, -0.25) is 9.59 Å². The number of ether oxygens (including phenoxy) is 1. The zero-order valence-corrected chi connectivity index (χ0v) is 14.6. The lowest BCUT2D eigenvalue weighted by atomic mass is 9.95. The van der Waals surface area contributed by atoms with Gasteiger partial charge in [0.25, 0.3) is 5.91 Å². The molecule has 26 heavy (non-hydrogen) atoms. The van der Waals surface area contributed by atoms with Crippen LogP contribution in [-0.4, -0.2) is 46.0 Å². The van der Waals surface area contributed by atoms with Crippen molar-refractivity contribution in [3.8, 4) is 5.75 Å². The topological polar surface area (TPSA) is 90.5 Å². The van der Waals surface area contributed by atoms with Crippen LogP contribution in [0.1, 0.15) is 40.5 Å². The number of fused-ring (bicyclic) bond motifs is 1. The number of nitrogens with two attached hydrogens (primary N) is 1. The van der Waals surface area contributed by atoms with E-state index in [2.05, 4.69) is 4.98 Å². The van der Waals surface area contributed by atoms with E-state index in [-0.39, 0.29) is 24.3 Å². The number of piperidine rings is 1. The predicted octanol–water partition coefficient (Wildman–Crippen LogP) is 1.32. The lowest BCUT2D eigenvalue weighted by Crippen LogP contribution is -2.38. The van der Waals surface area contributed by atoms with Crippen molar-refractivity contribution in [3.63, 3.8) is 0 Å². The summed E-state index contributed by atoms with van der Waals surface area (Å²) in [6.45, 7) is 2.20. The van der Waals surface area contributed by atoms with Gasteiger partial charge in [-0.05, 0) is 36.6 Å². The first-order valence-corrected chi connectivity index (χ1v) is 8.96. The van der Waals surface area contributed by atoms with Crippen molar-refractivity contribution in [3.05, 3.63) is 47.5 Å². The van der Waals surface area contributed by atoms with Crippen LogP contribution in [0.2, 0.25) is 0 Å². The molecule has 0 aliphatic carbocycles. The largest absolute Gasteiger partial charge is 0.493 e. The van der Waals surface area contributed by atoms with Crippen LogP contribution >= 0.6 is 0 Å². The molecule has 0 unspecified atom stereocenters. The van der Waals surface area contributed by atoms with Crippen molar-refractivity contribution >= 4 is 11.8 Å². The monoisotopic (exact) mass is 354 g/mol. The summed E-state index contributed by atoms with van der Waals surface area (Å²) in [5, 5.41) is 0. The number of likely N-dealkylation sites (tertiary alicyclic amines) is 1. The third kappa shape index (κ3) is 3.16. The lowest BCUT2D eigenvalue weighted by Gasteiger charge is -2.32. The van der Waals surface area contributed by atoms with E-state index in [1.54, 1.807) is 12.4 Å². The summed E-state index contributed by atoms with van der Waals surface area (Å²) in [7, 11) is 0. The van der Waals surface area contributed by atoms with Crippen molar-refractivity contribution < 1.29 is 14.3 Å². The number of rotatable bonds is 4. The molecular weight excluding hydrogens is 332 g/mol. The Bertz CT molecular complexity index is 837. The minimum Gasteiger partial charge on any atom is -0.493 e. The summed E-state index contributed by atoms with van der Waals surface area (Å²) in [5.41, 5.74) is 7.13. The minimum atomic E-state index is -0.377. The molecule has 2 aliphatic heterocycles. The average Bonchev–Trinajstić information content (AvgIpc) is 3.29. The second-order valence-corrected chi connectivity index (χ2v) is 6.87. The van der Waals surface area contributed by atoms with Crippen LogP contribution in [0.25, 0.3) is 0 Å². The summed E-state index contributed by atoms with van der Waals surface area (Å²) in [6, 6.07) is 5.69. The summed E-state index contributed by atoms with van der Waals surface area (Å²) >= 11 is 0. The van der Waals surface area contributed by atoms with Gasteiger partial charge in [-0.2, -0.15) is 0 Å². The number of imidazole rings is 1. The Hall–Kier alpha value is -2.83. The molecule has 7 nitrogen and oxygen atoms in total. The van der Waals surface area contributed by atoms with Gasteiger partial charge in [0.1, 0.15) is 18.1 Å². The molecule has 0 atom stereocenters. The predicted molar refractivity (Wildman–Crippen MR) is 94.9 cm³/mol. The van der Waals surface area contributed by atoms with Gasteiger partial charge in [0, 0.05) is 43.4 Å². The van der Waals surface area contributed by atoms with Gasteiger partial charge in [-0.1, -0.05) is 0 Å². The Kier molecular flexibility index (Phi) is 4.36. The van der Waals surface area contributed by atoms with Crippen molar-refractivity contribution in [1.82, 2.24) is 14.5 Å². The molecule has 7 heteroatoms. The highest BCUT2D eigenvalue weighted by molar-refractivity contribution is 5.94. The molecule has 3 heterocycles. The molecule has 4 rings (SSSR count). The highest BCUT2D eigenvalue weighted by Gasteiger charge is 2.27. The number of benzene rings is 1. The zero-order valence-electron chi connectivity index (χ0n) is 14.6. The molecular formula is C19H22N4O3. The summed E-state index contributed by atoms with van der Waals surface area (Å²) in [5.74, 6) is 1.70. The van der Waals surface area contributed by atoms with E-state index in [0.717, 1.165) is 42.0 Å². The second-order valence-electron chi connectivity index (χ2n) is 6.87. The Balaban J connectivity index is 1.41. The fourth-order valence-electron chi connectivity index (χ4n) is 3.83. The maximum atomic E-state index is 12.8. The van der Waals surface area contributed by atoms with E-state index in [9.17, 15) is 9.59 Å². The summed E-state index contributed by atoms with van der Waals surface area (Å²) < 4.78 is 7.32. The fourth-order valence-corrected chi connectivity index (χ4v) is 3.83. The molecule has 0 bridgehead atoms. The Morgan fingerprint density at radius 2 is 2.08 bits per heavy atom. The third-order valence-corrected chi connectivity index (χ3v) is 5.16. The number of amides is 2. The summed E-state index contributed by atoms with van der Waals surface area (Å²) in [6.07, 6.45) is 6.00. The van der Waals surface area contributed by atoms with Crippen molar-refractivity contribution in [2.24, 2.45) is 5.73 Å². The van der Waals surface area contributed by atoms with Gasteiger partial charge in [0.05, 0.1) is 6.61 Å². The number of carbonyl (C=O) groups excluding carboxylic acids is 2. The smallest absolute Gasteiger partial charge is 0.253 e. The average molecular weight is 354 g/mol. The molecule has 1 aromatic carbocycles. The maximum Gasteiger partial charge on any atom is 0.253 e. The van der Waals surface area contributed by atoms with Gasteiger partial charge >= 0.3 is 0 Å². The van der Waals surface area contributed by atoms with Crippen LogP contribution < -0.4 is 10.5 Å². The molecule has 0 radical (unpaired) electrons. The number of nitrogens with zero attached hydrogens (tertiary/aromatic N) is 3. The normalized spacial score (nSPS) is 17.0. The van der Waals surface area contributed by atoms with E-state index >= 15 is 0 Å². The van der Waals surface area contributed by atoms with Crippen molar-refractivity contribution in [2.45, 2.75) is 31.7 Å². The van der Waals surface area contributed by atoms with Crippen molar-refractivity contribution in [1.29, 1.82) is 0 Å². The molecule has 1 aromatic heterocycles. The zero-order chi connectivity index (χ0) is 18.1. The van der Waals surface area contributed by atoms with Crippen LogP contribution in [0.3, 0.4) is 0 Å². The van der Waals surface area contributed by atoms with Gasteiger partial charge < -0.3 is 19.9 Å². The van der Waals surface area contributed by atoms with Crippen LogP contribution in [0.5, 0.6) is 5.75 Å². The first kappa shape index (κ1) is 16.6. The van der Waals surface area contributed by atoms with Gasteiger partial charge in [0.15, 0.2) is 0 Å². The van der Waals surface area contributed by atoms with E-state index in [0.29, 0.717) is 19.7 Å². The fraction of sp³-hybridized carbons (Fsp3) is 0.421. The summed E-state index contributed by atoms with van der Waals surface area (Å²) in [4.78, 5) is 30.3. The molecule has 2 aromatic rings. The van der Waals surface area contributed by atoms with Crippen LogP contribution in [-0.2, 0) is 17.8 Å². The van der Waals surface area contributed by atoms with Crippen LogP contribution in [0, 0.1) is 0 Å². The van der Waals surface area contributed by atoms with Crippen molar-refractivity contribution in [2.75, 3.05) is 19.7 Å². The van der Waals surface area contributed by atoms with E-state index in [1.165, 1.54) is 0 Å². The maximum absolute atomic E-state index is 12.8. The molecule has 1 fully saturated rings. The SMILES string of the molecule is NC(=O)Cn1ccnc1C1CCN(C(=O)c2ccc3c(c2)CCO3)CC1. The van der Waals surface area contributed by atoms with Crippen LogP contribution in [0.15, 0.2) is 30.6 Å². The Morgan fingerprint density at radius 3 is 2.85 bits per heavy atom. The molecule has 0 spiro atoms. The molecule has 2 N–H and O–H groups in total. The third-order valence-electron chi connectivity index (χ3n) is 5.16. The van der Waals surface area contributed by atoms with E-state index in [4.69, 9.17) is 10.5 Å². The minimum absolute atomic E-state index is 0.0682. The number of aromatic nitrogens is 2. The lowest BCUT2D eigenvalue weighted by molar-refractivity contribution is -0.118. The van der Waals surface area contributed by atoms with E-state index in [1.807, 2.05) is 27.7 Å². The molecule has 1 saturated heterocycles. The van der Waals surface area contributed by atoms with Crippen LogP contribution in [0.4, 0.5) is 0 Å². The molecule has 0 saturated carbocycles. The molecule has 136 valence electrons. The Morgan fingerprint density at radius 1 is 1.27 bits per heavy atom. The standard InChI is InChI=1S/C19H22N4O3/c20-17(24)12-23-9-6-21-18(23)13-3-7-22(8-4-13)19(25)15-1-2-16-14(11-15)5-10-26-16/h1-2,6,9,11,13H,3-5,7-8,10,12H2,(H2,20,24). The second kappa shape index (κ2) is 6.82. The number of hydrogen-bond acceptors (Lipinski definition) is 4. The highest BCUT2D eigenvalue weighted by Crippen LogP contribution is 2.29. The van der Waals surface area contributed by atoms with Gasteiger partial charge in [0.2, 0.25) is 5.91 Å². The Labute approximate surface area is 151 Å². The van der Waals surface area contributed by atoms with Gasteiger partial charge in [-0.15, -0.1) is 0 Å². The first-order chi connectivity index (χ1) is 12.6. The number of hydrogen-bond donors (Lipinski definition) is 1.